The Labute approximate surface area is 98.3 Å². The highest BCUT2D eigenvalue weighted by Crippen LogP contribution is 2.24. The van der Waals surface area contributed by atoms with Crippen LogP contribution in [-0.4, -0.2) is 29.5 Å². The molecule has 3 nitrogen and oxygen atoms in total. The van der Waals surface area contributed by atoms with Gasteiger partial charge in [-0.2, -0.15) is 0 Å². The lowest BCUT2D eigenvalue weighted by Gasteiger charge is -2.15. The maximum atomic E-state index is 9.23. The minimum absolute atomic E-state index is 0.221. The molecule has 0 unspecified atom stereocenters. The van der Waals surface area contributed by atoms with Gasteiger partial charge in [0, 0.05) is 16.7 Å². The van der Waals surface area contributed by atoms with Crippen molar-refractivity contribution in [2.75, 3.05) is 18.5 Å². The Morgan fingerprint density at radius 1 is 1.33 bits per heavy atom. The molecule has 84 valence electrons. The van der Waals surface area contributed by atoms with Crippen LogP contribution in [0.25, 0.3) is 0 Å². The van der Waals surface area contributed by atoms with Gasteiger partial charge in [0.15, 0.2) is 0 Å². The minimum atomic E-state index is -0.715. The second-order valence-corrected chi connectivity index (χ2v) is 4.55. The largest absolute Gasteiger partial charge is 0.394 e. The molecule has 0 radical (unpaired) electrons. The van der Waals surface area contributed by atoms with Crippen molar-refractivity contribution in [1.29, 1.82) is 0 Å². The standard InChI is InChI=1S/C11H16BrNO2/c1-7-3-9(12)4-8(2)11(7)13-5-10(15)6-14/h3-4,10,13-15H,5-6H2,1-2H3/t10-/m0/s1. The third-order valence-corrected chi connectivity index (χ3v) is 2.68. The maximum Gasteiger partial charge on any atom is 0.0942 e. The van der Waals surface area contributed by atoms with Crippen molar-refractivity contribution in [3.63, 3.8) is 0 Å². The summed E-state index contributed by atoms with van der Waals surface area (Å²) in [6, 6.07) is 4.03. The Bertz CT molecular complexity index is 318. The van der Waals surface area contributed by atoms with Crippen molar-refractivity contribution >= 4 is 21.6 Å². The first-order chi connectivity index (χ1) is 7.04. The van der Waals surface area contributed by atoms with E-state index in [1.54, 1.807) is 0 Å². The number of rotatable bonds is 4. The summed E-state index contributed by atoms with van der Waals surface area (Å²) >= 11 is 3.42. The Balaban J connectivity index is 2.77. The van der Waals surface area contributed by atoms with Crippen LogP contribution < -0.4 is 5.32 Å². The van der Waals surface area contributed by atoms with E-state index in [2.05, 4.69) is 21.2 Å². The van der Waals surface area contributed by atoms with Crippen LogP contribution in [0.3, 0.4) is 0 Å². The normalized spacial score (nSPS) is 12.6. The number of hydrogen-bond donors (Lipinski definition) is 3. The van der Waals surface area contributed by atoms with Gasteiger partial charge in [-0.05, 0) is 37.1 Å². The molecular weight excluding hydrogens is 258 g/mol. The van der Waals surface area contributed by atoms with Crippen LogP contribution in [0.15, 0.2) is 16.6 Å². The van der Waals surface area contributed by atoms with Crippen molar-refractivity contribution in [3.8, 4) is 0 Å². The predicted molar refractivity (Wildman–Crippen MR) is 65.2 cm³/mol. The molecule has 1 aromatic rings. The zero-order chi connectivity index (χ0) is 11.4. The molecule has 0 aliphatic heterocycles. The van der Waals surface area contributed by atoms with E-state index in [4.69, 9.17) is 5.11 Å². The highest BCUT2D eigenvalue weighted by molar-refractivity contribution is 9.10. The molecule has 0 aliphatic rings. The maximum absolute atomic E-state index is 9.23. The number of halogens is 1. The van der Waals surface area contributed by atoms with Gasteiger partial charge in [0.2, 0.25) is 0 Å². The molecular formula is C11H16BrNO2. The van der Waals surface area contributed by atoms with Crippen molar-refractivity contribution in [2.24, 2.45) is 0 Å². The molecule has 1 aromatic carbocycles. The first-order valence-corrected chi connectivity index (χ1v) is 5.63. The van der Waals surface area contributed by atoms with Gasteiger partial charge in [-0.15, -0.1) is 0 Å². The van der Waals surface area contributed by atoms with E-state index in [1.165, 1.54) is 0 Å². The summed E-state index contributed by atoms with van der Waals surface area (Å²) in [4.78, 5) is 0. The Morgan fingerprint density at radius 2 is 1.87 bits per heavy atom. The van der Waals surface area contributed by atoms with Crippen molar-refractivity contribution in [2.45, 2.75) is 20.0 Å². The van der Waals surface area contributed by atoms with Crippen LogP contribution in [0.1, 0.15) is 11.1 Å². The van der Waals surface area contributed by atoms with E-state index in [0.717, 1.165) is 21.3 Å². The molecule has 0 spiro atoms. The van der Waals surface area contributed by atoms with Crippen LogP contribution in [0.2, 0.25) is 0 Å². The van der Waals surface area contributed by atoms with E-state index in [1.807, 2.05) is 26.0 Å². The molecule has 0 bridgehead atoms. The number of nitrogens with one attached hydrogen (secondary N) is 1. The van der Waals surface area contributed by atoms with Gasteiger partial charge in [0.05, 0.1) is 12.7 Å². The summed E-state index contributed by atoms with van der Waals surface area (Å²) in [6.45, 7) is 4.15. The SMILES string of the molecule is Cc1cc(Br)cc(C)c1NC[C@H](O)CO. The molecule has 1 rings (SSSR count). The molecule has 0 aromatic heterocycles. The van der Waals surface area contributed by atoms with E-state index in [0.29, 0.717) is 6.54 Å². The van der Waals surface area contributed by atoms with Crippen molar-refractivity contribution in [3.05, 3.63) is 27.7 Å². The first kappa shape index (κ1) is 12.5. The van der Waals surface area contributed by atoms with Gasteiger partial charge in [-0.3, -0.25) is 0 Å². The highest BCUT2D eigenvalue weighted by atomic mass is 79.9. The van der Waals surface area contributed by atoms with Crippen LogP contribution >= 0.6 is 15.9 Å². The highest BCUT2D eigenvalue weighted by Gasteiger charge is 2.06. The Hall–Kier alpha value is -0.580. The van der Waals surface area contributed by atoms with E-state index >= 15 is 0 Å². The fourth-order valence-electron chi connectivity index (χ4n) is 1.47. The second kappa shape index (κ2) is 5.49. The van der Waals surface area contributed by atoms with Crippen molar-refractivity contribution < 1.29 is 10.2 Å². The number of anilines is 1. The molecule has 0 saturated heterocycles. The zero-order valence-corrected chi connectivity index (χ0v) is 10.5. The summed E-state index contributed by atoms with van der Waals surface area (Å²) in [5.74, 6) is 0. The van der Waals surface area contributed by atoms with E-state index in [9.17, 15) is 5.11 Å². The Kier molecular flexibility index (Phi) is 4.57. The summed E-state index contributed by atoms with van der Waals surface area (Å²) in [5, 5.41) is 21.1. The lowest BCUT2D eigenvalue weighted by Crippen LogP contribution is -2.23. The van der Waals surface area contributed by atoms with Crippen molar-refractivity contribution in [1.82, 2.24) is 0 Å². The monoisotopic (exact) mass is 273 g/mol. The minimum Gasteiger partial charge on any atom is -0.394 e. The van der Waals surface area contributed by atoms with Gasteiger partial charge in [0.25, 0.3) is 0 Å². The Morgan fingerprint density at radius 3 is 2.33 bits per heavy atom. The van der Waals surface area contributed by atoms with E-state index in [-0.39, 0.29) is 6.61 Å². The van der Waals surface area contributed by atoms with Gasteiger partial charge in [-0.25, -0.2) is 0 Å². The molecule has 0 saturated carbocycles. The summed E-state index contributed by atoms with van der Waals surface area (Å²) < 4.78 is 1.05. The fraction of sp³-hybridized carbons (Fsp3) is 0.455. The lowest BCUT2D eigenvalue weighted by molar-refractivity contribution is 0.105. The average molecular weight is 274 g/mol. The molecule has 0 fully saturated rings. The predicted octanol–water partition coefficient (Wildman–Crippen LogP) is 1.83. The molecule has 0 heterocycles. The smallest absolute Gasteiger partial charge is 0.0942 e. The van der Waals surface area contributed by atoms with Crippen LogP contribution in [0.4, 0.5) is 5.69 Å². The fourth-order valence-corrected chi connectivity index (χ4v) is 2.16. The number of benzene rings is 1. The number of aliphatic hydroxyl groups is 2. The molecule has 15 heavy (non-hydrogen) atoms. The quantitative estimate of drug-likeness (QED) is 0.785. The summed E-state index contributed by atoms with van der Waals surface area (Å²) in [7, 11) is 0. The van der Waals surface area contributed by atoms with Gasteiger partial charge < -0.3 is 15.5 Å². The van der Waals surface area contributed by atoms with Gasteiger partial charge >= 0.3 is 0 Å². The van der Waals surface area contributed by atoms with Gasteiger partial charge in [-0.1, -0.05) is 15.9 Å². The molecule has 3 N–H and O–H groups in total. The summed E-state index contributed by atoms with van der Waals surface area (Å²) in [6.07, 6.45) is -0.715. The van der Waals surface area contributed by atoms with Crippen LogP contribution in [0, 0.1) is 13.8 Å². The lowest BCUT2D eigenvalue weighted by atomic mass is 10.1. The molecule has 0 amide bonds. The van der Waals surface area contributed by atoms with E-state index < -0.39 is 6.10 Å². The molecule has 0 aliphatic carbocycles. The number of aliphatic hydroxyl groups excluding tert-OH is 2. The van der Waals surface area contributed by atoms with Crippen LogP contribution in [-0.2, 0) is 0 Å². The molecule has 1 atom stereocenters. The number of hydrogen-bond acceptors (Lipinski definition) is 3. The zero-order valence-electron chi connectivity index (χ0n) is 8.92. The first-order valence-electron chi connectivity index (χ1n) is 4.84. The molecule has 4 heteroatoms. The van der Waals surface area contributed by atoms with Crippen LogP contribution in [0.5, 0.6) is 0 Å². The topological polar surface area (TPSA) is 52.5 Å². The van der Waals surface area contributed by atoms with Gasteiger partial charge in [0.1, 0.15) is 0 Å². The number of aryl methyl sites for hydroxylation is 2. The summed E-state index contributed by atoms with van der Waals surface area (Å²) in [5.41, 5.74) is 3.25. The average Bonchev–Trinajstić information content (AvgIpc) is 2.15. The second-order valence-electron chi connectivity index (χ2n) is 3.63. The third kappa shape index (κ3) is 3.48. The third-order valence-electron chi connectivity index (χ3n) is 2.22.